The lowest BCUT2D eigenvalue weighted by atomic mass is 9.94. The minimum atomic E-state index is -0.803. The highest BCUT2D eigenvalue weighted by atomic mass is 16.6. The van der Waals surface area contributed by atoms with Gasteiger partial charge in [-0.25, -0.2) is 4.79 Å². The number of ether oxygens (including phenoxy) is 3. The topological polar surface area (TPSA) is 94.6 Å². The number of fused-ring (bicyclic) bond motifs is 2. The fraction of sp³-hybridized carbons (Fsp3) is 0.385. The van der Waals surface area contributed by atoms with Crippen LogP contribution in [0, 0.1) is 6.92 Å². The van der Waals surface area contributed by atoms with E-state index in [1.807, 2.05) is 67.6 Å². The SMILES string of the molecule is Cc1cn([C@@H]2O[C@@]3(COCc4ccccc4)[C@H](C)N[C@@H]2[C@@H]3OCc2ccccc2)c(=O)[nH]c1=O. The summed E-state index contributed by atoms with van der Waals surface area (Å²) in [7, 11) is 0. The molecule has 2 bridgehead atoms. The molecule has 8 heteroatoms. The largest absolute Gasteiger partial charge is 0.374 e. The quantitative estimate of drug-likeness (QED) is 0.532. The zero-order valence-corrected chi connectivity index (χ0v) is 19.3. The molecule has 0 amide bonds. The van der Waals surface area contributed by atoms with Gasteiger partial charge in [0.05, 0.1) is 25.9 Å². The van der Waals surface area contributed by atoms with Crippen molar-refractivity contribution >= 4 is 0 Å². The second kappa shape index (κ2) is 9.31. The van der Waals surface area contributed by atoms with Crippen molar-refractivity contribution in [2.75, 3.05) is 6.61 Å². The van der Waals surface area contributed by atoms with E-state index in [1.165, 1.54) is 4.57 Å². The number of nitrogens with one attached hydrogen (secondary N) is 2. The summed E-state index contributed by atoms with van der Waals surface area (Å²) in [6, 6.07) is 19.5. The van der Waals surface area contributed by atoms with Gasteiger partial charge in [-0.05, 0) is 25.0 Å². The van der Waals surface area contributed by atoms with Crippen LogP contribution >= 0.6 is 0 Å². The molecule has 34 heavy (non-hydrogen) atoms. The van der Waals surface area contributed by atoms with Crippen LogP contribution in [0.25, 0.3) is 0 Å². The minimum Gasteiger partial charge on any atom is -0.374 e. The van der Waals surface area contributed by atoms with E-state index in [0.717, 1.165) is 11.1 Å². The van der Waals surface area contributed by atoms with Crippen molar-refractivity contribution < 1.29 is 14.2 Å². The second-order valence-corrected chi connectivity index (χ2v) is 9.05. The van der Waals surface area contributed by atoms with E-state index in [2.05, 4.69) is 10.3 Å². The molecule has 5 atom stereocenters. The van der Waals surface area contributed by atoms with Crippen LogP contribution in [0.1, 0.15) is 29.8 Å². The van der Waals surface area contributed by atoms with E-state index in [0.29, 0.717) is 25.4 Å². The molecular weight excluding hydrogens is 434 g/mol. The number of hydrogen-bond donors (Lipinski definition) is 2. The predicted octanol–water partition coefficient (Wildman–Crippen LogP) is 2.28. The van der Waals surface area contributed by atoms with Crippen LogP contribution in [-0.4, -0.2) is 39.9 Å². The van der Waals surface area contributed by atoms with Crippen LogP contribution in [0.4, 0.5) is 0 Å². The molecule has 0 radical (unpaired) electrons. The molecule has 2 fully saturated rings. The third kappa shape index (κ3) is 4.14. The number of nitrogens with zero attached hydrogens (tertiary/aromatic N) is 1. The summed E-state index contributed by atoms with van der Waals surface area (Å²) in [5, 5.41) is 3.56. The Kier molecular flexibility index (Phi) is 6.22. The first-order valence-corrected chi connectivity index (χ1v) is 11.5. The van der Waals surface area contributed by atoms with E-state index >= 15 is 0 Å². The number of hydrogen-bond acceptors (Lipinski definition) is 6. The molecule has 2 aliphatic rings. The maximum atomic E-state index is 12.7. The Morgan fingerprint density at radius 1 is 1.00 bits per heavy atom. The van der Waals surface area contributed by atoms with Gasteiger partial charge in [0, 0.05) is 17.8 Å². The van der Waals surface area contributed by atoms with Gasteiger partial charge in [0.1, 0.15) is 11.7 Å². The molecule has 8 nitrogen and oxygen atoms in total. The van der Waals surface area contributed by atoms with Gasteiger partial charge in [-0.15, -0.1) is 0 Å². The molecule has 1 aromatic heterocycles. The summed E-state index contributed by atoms with van der Waals surface area (Å²) in [4.78, 5) is 26.9. The van der Waals surface area contributed by atoms with Gasteiger partial charge >= 0.3 is 5.69 Å². The molecule has 2 saturated heterocycles. The molecule has 2 aromatic carbocycles. The van der Waals surface area contributed by atoms with Crippen molar-refractivity contribution in [1.82, 2.24) is 14.9 Å². The van der Waals surface area contributed by atoms with E-state index in [9.17, 15) is 9.59 Å². The summed E-state index contributed by atoms with van der Waals surface area (Å²) in [5.74, 6) is 0. The second-order valence-electron chi connectivity index (χ2n) is 9.05. The van der Waals surface area contributed by atoms with Crippen molar-refractivity contribution in [3.05, 3.63) is 104 Å². The number of aromatic nitrogens is 2. The molecule has 178 valence electrons. The van der Waals surface area contributed by atoms with Crippen LogP contribution in [0.3, 0.4) is 0 Å². The number of morpholine rings is 1. The number of rotatable bonds is 8. The Balaban J connectivity index is 1.43. The molecule has 2 aliphatic heterocycles. The summed E-state index contributed by atoms with van der Waals surface area (Å²) >= 11 is 0. The first kappa shape index (κ1) is 22.7. The highest BCUT2D eigenvalue weighted by Crippen LogP contribution is 2.46. The summed E-state index contributed by atoms with van der Waals surface area (Å²) < 4.78 is 20.6. The molecule has 0 saturated carbocycles. The third-order valence-corrected chi connectivity index (χ3v) is 6.76. The van der Waals surface area contributed by atoms with Crippen LogP contribution in [-0.2, 0) is 27.4 Å². The number of aromatic amines is 1. The van der Waals surface area contributed by atoms with E-state index < -0.39 is 23.1 Å². The summed E-state index contributed by atoms with van der Waals surface area (Å²) in [5.41, 5.74) is 0.847. The van der Waals surface area contributed by atoms with Gasteiger partial charge in [0.2, 0.25) is 0 Å². The normalized spacial score (nSPS) is 27.8. The molecule has 5 rings (SSSR count). The first-order valence-electron chi connectivity index (χ1n) is 11.5. The van der Waals surface area contributed by atoms with Crippen LogP contribution in [0.5, 0.6) is 0 Å². The molecule has 0 aliphatic carbocycles. The summed E-state index contributed by atoms with van der Waals surface area (Å²) in [6.45, 7) is 4.85. The van der Waals surface area contributed by atoms with Gasteiger partial charge in [0.15, 0.2) is 6.23 Å². The van der Waals surface area contributed by atoms with E-state index in [-0.39, 0.29) is 18.2 Å². The average Bonchev–Trinajstić information content (AvgIpc) is 3.29. The Hall–Kier alpha value is -3.04. The zero-order chi connectivity index (χ0) is 23.7. The highest BCUT2D eigenvalue weighted by Gasteiger charge is 2.65. The maximum Gasteiger partial charge on any atom is 0.330 e. The predicted molar refractivity (Wildman–Crippen MR) is 126 cm³/mol. The lowest BCUT2D eigenvalue weighted by molar-refractivity contribution is -0.171. The fourth-order valence-electron chi connectivity index (χ4n) is 4.92. The molecule has 0 unspecified atom stereocenters. The standard InChI is InChI=1S/C26H29N3O5/c1-17-13-29(25(31)28-23(17)30)24-21-22(33-15-20-11-7-4-8-12-20)26(34-24,18(2)27-21)16-32-14-19-9-5-3-6-10-19/h3-13,18,21-22,24,27H,14-16H2,1-2H3,(H,28,30,31)/t18-,21+,22-,24+,26-/m0/s1. The Morgan fingerprint density at radius 2 is 1.65 bits per heavy atom. The number of H-pyrrole nitrogens is 1. The highest BCUT2D eigenvalue weighted by molar-refractivity contribution is 5.19. The molecule has 2 N–H and O–H groups in total. The van der Waals surface area contributed by atoms with Crippen molar-refractivity contribution in [2.45, 2.75) is 57.1 Å². The average molecular weight is 464 g/mol. The van der Waals surface area contributed by atoms with Gasteiger partial charge in [-0.1, -0.05) is 60.7 Å². The van der Waals surface area contributed by atoms with Crippen LogP contribution in [0.2, 0.25) is 0 Å². The third-order valence-electron chi connectivity index (χ3n) is 6.76. The summed E-state index contributed by atoms with van der Waals surface area (Å²) in [6.07, 6.45) is 0.550. The van der Waals surface area contributed by atoms with Gasteiger partial charge in [-0.2, -0.15) is 0 Å². The molecule has 0 spiro atoms. The Labute approximate surface area is 197 Å². The number of benzene rings is 2. The van der Waals surface area contributed by atoms with Gasteiger partial charge < -0.3 is 19.5 Å². The van der Waals surface area contributed by atoms with E-state index in [4.69, 9.17) is 14.2 Å². The van der Waals surface area contributed by atoms with Crippen molar-refractivity contribution in [2.24, 2.45) is 0 Å². The monoisotopic (exact) mass is 463 g/mol. The lowest BCUT2D eigenvalue weighted by Crippen LogP contribution is -2.54. The maximum absolute atomic E-state index is 12.7. The minimum absolute atomic E-state index is 0.0649. The van der Waals surface area contributed by atoms with Crippen molar-refractivity contribution in [3.63, 3.8) is 0 Å². The lowest BCUT2D eigenvalue weighted by Gasteiger charge is -2.37. The van der Waals surface area contributed by atoms with Crippen LogP contribution < -0.4 is 16.6 Å². The first-order chi connectivity index (χ1) is 16.5. The van der Waals surface area contributed by atoms with Gasteiger partial charge in [0.25, 0.3) is 5.56 Å². The van der Waals surface area contributed by atoms with Gasteiger partial charge in [-0.3, -0.25) is 14.3 Å². The molecular formula is C26H29N3O5. The Morgan fingerprint density at radius 3 is 2.32 bits per heavy atom. The fourth-order valence-corrected chi connectivity index (χ4v) is 4.92. The van der Waals surface area contributed by atoms with Crippen molar-refractivity contribution in [1.29, 1.82) is 0 Å². The number of aryl methyl sites for hydroxylation is 1. The Bertz CT molecular complexity index is 1240. The van der Waals surface area contributed by atoms with Crippen molar-refractivity contribution in [3.8, 4) is 0 Å². The molecule has 3 aromatic rings. The van der Waals surface area contributed by atoms with E-state index in [1.54, 1.807) is 13.1 Å². The smallest absolute Gasteiger partial charge is 0.330 e. The zero-order valence-electron chi connectivity index (χ0n) is 19.3. The molecule has 3 heterocycles. The van der Waals surface area contributed by atoms with Crippen LogP contribution in [0.15, 0.2) is 76.4 Å².